The Hall–Kier alpha value is -1.50. The Labute approximate surface area is 92.6 Å². The van der Waals surface area contributed by atoms with Crippen molar-refractivity contribution in [1.82, 2.24) is 4.98 Å². The minimum absolute atomic E-state index is 0.00162. The van der Waals surface area contributed by atoms with Gasteiger partial charge in [-0.05, 0) is 24.1 Å². The van der Waals surface area contributed by atoms with Crippen molar-refractivity contribution in [1.29, 1.82) is 0 Å². The maximum Gasteiger partial charge on any atom is 0.574 e. The SMILES string of the molecule is Cc1cc(OC(F)(F)F)nc(C(=O)Cl)c1O. The molecule has 16 heavy (non-hydrogen) atoms. The van der Waals surface area contributed by atoms with Gasteiger partial charge in [-0.1, -0.05) is 0 Å². The van der Waals surface area contributed by atoms with Gasteiger partial charge >= 0.3 is 6.36 Å². The summed E-state index contributed by atoms with van der Waals surface area (Å²) in [6.45, 7) is 1.28. The average Bonchev–Trinajstić information content (AvgIpc) is 2.07. The van der Waals surface area contributed by atoms with Crippen molar-refractivity contribution in [2.45, 2.75) is 13.3 Å². The smallest absolute Gasteiger partial charge is 0.505 e. The highest BCUT2D eigenvalue weighted by Gasteiger charge is 2.32. The highest BCUT2D eigenvalue weighted by atomic mass is 35.5. The van der Waals surface area contributed by atoms with Crippen LogP contribution in [0.1, 0.15) is 16.1 Å². The van der Waals surface area contributed by atoms with Gasteiger partial charge in [0.2, 0.25) is 5.88 Å². The number of nitrogens with zero attached hydrogens (tertiary/aromatic N) is 1. The average molecular weight is 256 g/mol. The molecule has 1 aromatic heterocycles. The second kappa shape index (κ2) is 4.17. The molecule has 4 nitrogen and oxygen atoms in total. The van der Waals surface area contributed by atoms with Crippen LogP contribution in [0.5, 0.6) is 11.6 Å². The van der Waals surface area contributed by atoms with E-state index >= 15 is 0 Å². The zero-order valence-corrected chi connectivity index (χ0v) is 8.56. The molecule has 1 heterocycles. The summed E-state index contributed by atoms with van der Waals surface area (Å²) in [5, 5.41) is 8.11. The summed E-state index contributed by atoms with van der Waals surface area (Å²) in [4.78, 5) is 13.9. The minimum Gasteiger partial charge on any atom is -0.505 e. The molecule has 1 N–H and O–H groups in total. The second-order valence-electron chi connectivity index (χ2n) is 2.80. The number of aromatic nitrogens is 1. The van der Waals surface area contributed by atoms with Crippen molar-refractivity contribution in [2.24, 2.45) is 0 Å². The Bertz CT molecular complexity index is 433. The fraction of sp³-hybridized carbons (Fsp3) is 0.250. The number of aryl methyl sites for hydroxylation is 1. The van der Waals surface area contributed by atoms with Crippen molar-refractivity contribution < 1.29 is 27.8 Å². The predicted octanol–water partition coefficient (Wildman–Crippen LogP) is 2.37. The van der Waals surface area contributed by atoms with E-state index in [-0.39, 0.29) is 5.56 Å². The lowest BCUT2D eigenvalue weighted by Crippen LogP contribution is -2.18. The molecule has 0 aliphatic rings. The molecule has 0 unspecified atom stereocenters. The summed E-state index contributed by atoms with van der Waals surface area (Å²) in [6, 6.07) is 0.839. The van der Waals surface area contributed by atoms with Crippen molar-refractivity contribution in [3.05, 3.63) is 17.3 Å². The van der Waals surface area contributed by atoms with Crippen molar-refractivity contribution in [3.63, 3.8) is 0 Å². The van der Waals surface area contributed by atoms with Crippen LogP contribution in [0.3, 0.4) is 0 Å². The van der Waals surface area contributed by atoms with Crippen molar-refractivity contribution in [3.8, 4) is 11.6 Å². The van der Waals surface area contributed by atoms with E-state index in [2.05, 4.69) is 9.72 Å². The van der Waals surface area contributed by atoms with Crippen molar-refractivity contribution in [2.75, 3.05) is 0 Å². The number of aromatic hydroxyl groups is 1. The van der Waals surface area contributed by atoms with Crippen LogP contribution in [0.2, 0.25) is 0 Å². The Morgan fingerprint density at radius 1 is 1.56 bits per heavy atom. The molecule has 0 atom stereocenters. The molecule has 0 spiro atoms. The molecule has 8 heteroatoms. The standard InChI is InChI=1S/C8H5ClF3NO3/c1-3-2-4(16-8(10,11)12)13-5(6(3)14)7(9)15/h2,14H,1H3. The van der Waals surface area contributed by atoms with Crippen LogP contribution in [0.25, 0.3) is 0 Å². The molecule has 88 valence electrons. The van der Waals surface area contributed by atoms with Gasteiger partial charge in [0.1, 0.15) is 5.75 Å². The molecule has 0 aromatic carbocycles. The number of carbonyl (C=O) groups excluding carboxylic acids is 1. The Balaban J connectivity index is 3.19. The van der Waals surface area contributed by atoms with E-state index in [1.54, 1.807) is 0 Å². The van der Waals surface area contributed by atoms with Gasteiger partial charge in [-0.2, -0.15) is 0 Å². The van der Waals surface area contributed by atoms with E-state index in [4.69, 9.17) is 11.6 Å². The maximum atomic E-state index is 11.9. The highest BCUT2D eigenvalue weighted by Crippen LogP contribution is 2.28. The number of halogens is 4. The van der Waals surface area contributed by atoms with Crippen LogP contribution in [0.4, 0.5) is 13.2 Å². The van der Waals surface area contributed by atoms with Crippen molar-refractivity contribution >= 4 is 16.8 Å². The molecule has 0 saturated heterocycles. The first-order valence-electron chi connectivity index (χ1n) is 3.87. The first kappa shape index (κ1) is 12.6. The number of pyridine rings is 1. The number of carbonyl (C=O) groups is 1. The van der Waals surface area contributed by atoms with Gasteiger partial charge in [-0.25, -0.2) is 4.98 Å². The van der Waals surface area contributed by atoms with Gasteiger partial charge in [0.15, 0.2) is 5.69 Å². The van der Waals surface area contributed by atoms with Crippen LogP contribution in [0.15, 0.2) is 6.07 Å². The van der Waals surface area contributed by atoms with Gasteiger partial charge in [0.05, 0.1) is 0 Å². The second-order valence-corrected chi connectivity index (χ2v) is 3.14. The minimum atomic E-state index is -4.93. The Kier molecular flexibility index (Phi) is 3.27. The monoisotopic (exact) mass is 255 g/mol. The summed E-state index contributed by atoms with van der Waals surface area (Å²) in [5.74, 6) is -1.43. The maximum absolute atomic E-state index is 11.9. The first-order chi connectivity index (χ1) is 7.20. The highest BCUT2D eigenvalue weighted by molar-refractivity contribution is 6.67. The molecule has 0 saturated carbocycles. The zero-order valence-electron chi connectivity index (χ0n) is 7.80. The van der Waals surface area contributed by atoms with Crippen LogP contribution in [-0.2, 0) is 0 Å². The largest absolute Gasteiger partial charge is 0.574 e. The molecule has 1 rings (SSSR count). The van der Waals surface area contributed by atoms with Crippen LogP contribution < -0.4 is 4.74 Å². The third kappa shape index (κ3) is 2.99. The number of hydrogen-bond acceptors (Lipinski definition) is 4. The fourth-order valence-corrected chi connectivity index (χ4v) is 1.08. The number of ether oxygens (including phenoxy) is 1. The van der Waals surface area contributed by atoms with Gasteiger partial charge in [-0.3, -0.25) is 4.79 Å². The summed E-state index contributed by atoms with van der Waals surface area (Å²) < 4.78 is 39.1. The van der Waals surface area contributed by atoms with E-state index in [0.717, 1.165) is 6.07 Å². The molecular formula is C8H5ClF3NO3. The lowest BCUT2D eigenvalue weighted by Gasteiger charge is -2.10. The van der Waals surface area contributed by atoms with Gasteiger partial charge < -0.3 is 9.84 Å². The van der Waals surface area contributed by atoms with Crippen LogP contribution in [0, 0.1) is 6.92 Å². The molecule has 0 bridgehead atoms. The first-order valence-corrected chi connectivity index (χ1v) is 4.24. The molecule has 0 aliphatic carbocycles. The quantitative estimate of drug-likeness (QED) is 0.824. The lowest BCUT2D eigenvalue weighted by molar-refractivity contribution is -0.276. The third-order valence-electron chi connectivity index (χ3n) is 1.57. The predicted molar refractivity (Wildman–Crippen MR) is 47.5 cm³/mol. The lowest BCUT2D eigenvalue weighted by atomic mass is 10.2. The molecule has 1 aromatic rings. The molecular weight excluding hydrogens is 251 g/mol. The molecule has 0 radical (unpaired) electrons. The van der Waals surface area contributed by atoms with E-state index in [1.165, 1.54) is 6.92 Å². The number of hydrogen-bond donors (Lipinski definition) is 1. The molecule has 0 fully saturated rings. The van der Waals surface area contributed by atoms with Gasteiger partial charge in [0, 0.05) is 6.07 Å². The Morgan fingerprint density at radius 3 is 2.56 bits per heavy atom. The fourth-order valence-electron chi connectivity index (χ4n) is 0.944. The van der Waals surface area contributed by atoms with Crippen LogP contribution >= 0.6 is 11.6 Å². The van der Waals surface area contributed by atoms with Gasteiger partial charge in [-0.15, -0.1) is 13.2 Å². The number of alkyl halides is 3. The number of rotatable bonds is 2. The summed E-state index contributed by atoms with van der Waals surface area (Å²) in [7, 11) is 0. The third-order valence-corrected chi connectivity index (χ3v) is 1.75. The van der Waals surface area contributed by atoms with E-state index in [9.17, 15) is 23.1 Å². The van der Waals surface area contributed by atoms with Gasteiger partial charge in [0.25, 0.3) is 5.24 Å². The topological polar surface area (TPSA) is 59.4 Å². The summed E-state index contributed by atoms with van der Waals surface area (Å²) in [5.41, 5.74) is -0.681. The summed E-state index contributed by atoms with van der Waals surface area (Å²) >= 11 is 5.03. The normalized spacial score (nSPS) is 11.3. The van der Waals surface area contributed by atoms with Crippen LogP contribution in [-0.4, -0.2) is 21.7 Å². The molecule has 0 amide bonds. The zero-order chi connectivity index (χ0) is 12.5. The molecule has 0 aliphatic heterocycles. The van der Waals surface area contributed by atoms with E-state index < -0.39 is 28.9 Å². The Morgan fingerprint density at radius 2 is 2.12 bits per heavy atom. The summed E-state index contributed by atoms with van der Waals surface area (Å²) in [6.07, 6.45) is -4.93. The van der Waals surface area contributed by atoms with E-state index in [1.807, 2.05) is 0 Å². The van der Waals surface area contributed by atoms with E-state index in [0.29, 0.717) is 0 Å².